The lowest BCUT2D eigenvalue weighted by atomic mass is 10.0. The number of aromatic amines is 1. The number of nitrogens with one attached hydrogen (secondary N) is 2. The number of halogens is 1. The van der Waals surface area contributed by atoms with Crippen LogP contribution in [0.4, 0.5) is 4.39 Å². The number of ether oxygens (including phenoxy) is 3. The summed E-state index contributed by atoms with van der Waals surface area (Å²) in [5, 5.41) is 16.3. The van der Waals surface area contributed by atoms with Crippen LogP contribution in [0.1, 0.15) is 158 Å². The molecule has 1 unspecified atom stereocenters. The van der Waals surface area contributed by atoms with E-state index in [4.69, 9.17) is 40.1 Å². The van der Waals surface area contributed by atoms with Gasteiger partial charge in [0.05, 0.1) is 43.3 Å². The molecule has 0 bridgehead atoms. The zero-order chi connectivity index (χ0) is 40.5. The summed E-state index contributed by atoms with van der Waals surface area (Å²) in [7, 11) is -4.61. The van der Waals surface area contributed by atoms with Crippen LogP contribution in [-0.2, 0) is 34.4 Å². The predicted molar refractivity (Wildman–Crippen MR) is 217 cm³/mol. The van der Waals surface area contributed by atoms with Gasteiger partial charge in [-0.1, -0.05) is 110 Å². The fourth-order valence-corrected chi connectivity index (χ4v) is 7.51. The molecule has 314 valence electrons. The molecule has 0 saturated carbocycles. The summed E-state index contributed by atoms with van der Waals surface area (Å²) in [4.78, 5) is 17.4. The Morgan fingerprint density at radius 1 is 1.04 bits per heavy atom. The predicted octanol–water partition coefficient (Wildman–Crippen LogP) is 9.23. The molecule has 1 aliphatic heterocycles. The standard InChI is InChI=1S/C41H66FN6O7P/c1-2-3-4-5-6-7-8-9-10-11-12-13-14-15-16-17-18-23-51-29-36(52-28-34-24-33(27-43)25-35(42)26-34)30-53-56(49,50)54-31-41(46)22-21-39(55-41)37-19-20-38(48-37)40(45)47-32-44/h19-20,24-26,32,36,39,48H,2-18,21-23,28-31,46H2,1H3,(H,49,50)(H3,44,45,47)/t36-,39-,41+/m1/s1. The van der Waals surface area contributed by atoms with Crippen molar-refractivity contribution in [2.75, 3.05) is 26.4 Å². The van der Waals surface area contributed by atoms with E-state index >= 15 is 0 Å². The fraction of sp³-hybridized carbons (Fsp3) is 0.683. The summed E-state index contributed by atoms with van der Waals surface area (Å²) in [5.74, 6) is -0.417. The first-order valence-corrected chi connectivity index (χ1v) is 22.0. The molecule has 1 aromatic heterocycles. The van der Waals surface area contributed by atoms with Crippen LogP contribution in [0.25, 0.3) is 0 Å². The molecule has 1 saturated heterocycles. The van der Waals surface area contributed by atoms with Gasteiger partial charge in [0.2, 0.25) is 0 Å². The quantitative estimate of drug-likeness (QED) is 0.0205. The van der Waals surface area contributed by atoms with Crippen LogP contribution in [0, 0.1) is 22.6 Å². The Morgan fingerprint density at radius 2 is 1.66 bits per heavy atom. The van der Waals surface area contributed by atoms with E-state index in [9.17, 15) is 19.1 Å². The molecule has 0 amide bonds. The van der Waals surface area contributed by atoms with Gasteiger partial charge in [0.15, 0.2) is 0 Å². The third-order valence-electron chi connectivity index (χ3n) is 9.91. The van der Waals surface area contributed by atoms with Gasteiger partial charge in [-0.25, -0.2) is 13.9 Å². The van der Waals surface area contributed by atoms with E-state index in [-0.39, 0.29) is 31.2 Å². The van der Waals surface area contributed by atoms with Crippen molar-refractivity contribution in [3.63, 3.8) is 0 Å². The highest BCUT2D eigenvalue weighted by Crippen LogP contribution is 2.46. The number of amidine groups is 1. The summed E-state index contributed by atoms with van der Waals surface area (Å²) in [6, 6.07) is 9.32. The van der Waals surface area contributed by atoms with Crippen molar-refractivity contribution in [3.05, 3.63) is 58.7 Å². The van der Waals surface area contributed by atoms with Gasteiger partial charge < -0.3 is 35.6 Å². The van der Waals surface area contributed by atoms with Crippen LogP contribution < -0.4 is 11.5 Å². The Bertz CT molecular complexity index is 1540. The minimum absolute atomic E-state index is 0.0675. The van der Waals surface area contributed by atoms with Crippen molar-refractivity contribution in [2.45, 2.75) is 153 Å². The largest absolute Gasteiger partial charge is 0.472 e. The van der Waals surface area contributed by atoms with Gasteiger partial charge >= 0.3 is 7.82 Å². The number of phosphoric acid groups is 1. The smallest absolute Gasteiger partial charge is 0.382 e. The number of aromatic nitrogens is 1. The van der Waals surface area contributed by atoms with Gasteiger partial charge in [-0.3, -0.25) is 14.5 Å². The molecule has 0 aliphatic carbocycles. The van der Waals surface area contributed by atoms with Crippen LogP contribution in [0.15, 0.2) is 35.3 Å². The first-order valence-electron chi connectivity index (χ1n) is 20.6. The van der Waals surface area contributed by atoms with E-state index in [1.54, 1.807) is 12.1 Å². The molecule has 3 rings (SSSR count). The Morgan fingerprint density at radius 3 is 2.27 bits per heavy atom. The normalized spacial score (nSPS) is 18.8. The minimum Gasteiger partial charge on any atom is -0.382 e. The Hall–Kier alpha value is -2.99. The number of hydrogen-bond acceptors (Lipinski definition) is 9. The molecular weight excluding hydrogens is 738 g/mol. The molecule has 2 aromatic rings. The van der Waals surface area contributed by atoms with Crippen molar-refractivity contribution in [2.24, 2.45) is 16.5 Å². The molecule has 1 aliphatic rings. The van der Waals surface area contributed by atoms with E-state index in [0.717, 1.165) is 31.7 Å². The van der Waals surface area contributed by atoms with Gasteiger partial charge in [-0.15, -0.1) is 0 Å². The van der Waals surface area contributed by atoms with Crippen LogP contribution in [0.5, 0.6) is 0 Å². The second-order valence-electron chi connectivity index (χ2n) is 14.8. The maximum atomic E-state index is 14.0. The van der Waals surface area contributed by atoms with E-state index in [1.807, 2.05) is 6.07 Å². The summed E-state index contributed by atoms with van der Waals surface area (Å²) in [5.41, 5.74) is 12.7. The molecule has 4 atom stereocenters. The summed E-state index contributed by atoms with van der Waals surface area (Å²) in [6.45, 7) is 1.99. The van der Waals surface area contributed by atoms with Crippen LogP contribution in [0.3, 0.4) is 0 Å². The second-order valence-corrected chi connectivity index (χ2v) is 16.3. The number of aliphatic imine (C=N–C) groups is 1. The molecule has 2 heterocycles. The van der Waals surface area contributed by atoms with Crippen molar-refractivity contribution in [1.82, 2.24) is 4.98 Å². The van der Waals surface area contributed by atoms with Crippen molar-refractivity contribution >= 4 is 20.0 Å². The fourth-order valence-electron chi connectivity index (χ4n) is 6.70. The number of nitrogens with zero attached hydrogens (tertiary/aromatic N) is 2. The number of H-pyrrole nitrogens is 1. The first-order chi connectivity index (χ1) is 27.1. The van der Waals surface area contributed by atoms with Crippen LogP contribution >= 0.6 is 7.82 Å². The maximum absolute atomic E-state index is 14.0. The molecule has 1 fully saturated rings. The summed E-state index contributed by atoms with van der Waals surface area (Å²) in [6.07, 6.45) is 22.3. The van der Waals surface area contributed by atoms with Crippen LogP contribution in [0.2, 0.25) is 0 Å². The van der Waals surface area contributed by atoms with Gasteiger partial charge in [0.25, 0.3) is 0 Å². The number of nitrogens with two attached hydrogens (primary N) is 2. The summed E-state index contributed by atoms with van der Waals surface area (Å²) >= 11 is 0. The third kappa shape index (κ3) is 19.4. The first kappa shape index (κ1) is 47.4. The van der Waals surface area contributed by atoms with Crippen LogP contribution in [-0.4, -0.2) is 60.3 Å². The van der Waals surface area contributed by atoms with Crippen molar-refractivity contribution < 1.29 is 37.1 Å². The zero-order valence-corrected chi connectivity index (χ0v) is 34.3. The van der Waals surface area contributed by atoms with Crippen molar-refractivity contribution in [1.29, 1.82) is 10.7 Å². The Labute approximate surface area is 333 Å². The minimum atomic E-state index is -4.61. The highest BCUT2D eigenvalue weighted by Gasteiger charge is 2.40. The molecule has 15 heteroatoms. The molecule has 13 nitrogen and oxygen atoms in total. The SMILES string of the molecule is CCCCCCCCCCCCCCCCCCCOC[C@H](COP(=O)(O)OC[C@]1(N)CC[C@H](c2ccc(/C(N)=N\C=N)[nH]2)O1)OCc1cc(F)cc(C#N)c1. The Kier molecular flexibility index (Phi) is 22.7. The highest BCUT2D eigenvalue weighted by molar-refractivity contribution is 7.47. The van der Waals surface area contributed by atoms with Gasteiger partial charge in [-0.05, 0) is 55.2 Å². The van der Waals surface area contributed by atoms with Gasteiger partial charge in [0.1, 0.15) is 36.4 Å². The van der Waals surface area contributed by atoms with E-state index in [2.05, 4.69) is 16.9 Å². The average Bonchev–Trinajstić information content (AvgIpc) is 3.83. The molecule has 1 aromatic carbocycles. The lowest BCUT2D eigenvalue weighted by Gasteiger charge is -2.26. The second kappa shape index (κ2) is 26.8. The van der Waals surface area contributed by atoms with Crippen molar-refractivity contribution in [3.8, 4) is 6.07 Å². The number of rotatable bonds is 32. The van der Waals surface area contributed by atoms with E-state index in [0.29, 0.717) is 36.4 Å². The highest BCUT2D eigenvalue weighted by atomic mass is 31.2. The molecule has 56 heavy (non-hydrogen) atoms. The molecular formula is C41H66FN6O7P. The lowest BCUT2D eigenvalue weighted by molar-refractivity contribution is -0.0767. The molecule has 0 spiro atoms. The van der Waals surface area contributed by atoms with E-state index in [1.165, 1.54) is 102 Å². The Balaban J connectivity index is 1.35. The maximum Gasteiger partial charge on any atom is 0.472 e. The zero-order valence-electron chi connectivity index (χ0n) is 33.4. The lowest BCUT2D eigenvalue weighted by Crippen LogP contribution is -2.43. The number of hydrogen-bond donors (Lipinski definition) is 5. The topological polar surface area (TPSA) is 211 Å². The third-order valence-corrected chi connectivity index (χ3v) is 10.8. The molecule has 7 N–H and O–H groups in total. The monoisotopic (exact) mass is 804 g/mol. The van der Waals surface area contributed by atoms with Gasteiger partial charge in [0, 0.05) is 12.3 Å². The van der Waals surface area contributed by atoms with E-state index < -0.39 is 38.2 Å². The average molecular weight is 805 g/mol. The summed E-state index contributed by atoms with van der Waals surface area (Å²) < 4.78 is 55.3. The van der Waals surface area contributed by atoms with Gasteiger partial charge in [-0.2, -0.15) is 5.26 Å². The number of unbranched alkanes of at least 4 members (excludes halogenated alkanes) is 16. The number of nitriles is 1. The number of phosphoric ester groups is 1. The molecule has 0 radical (unpaired) electrons. The number of benzene rings is 1.